The summed E-state index contributed by atoms with van der Waals surface area (Å²) < 4.78 is 5.61. The summed E-state index contributed by atoms with van der Waals surface area (Å²) in [4.78, 5) is 10.7. The largest absolute Gasteiger partial charge is 0.493 e. The van der Waals surface area contributed by atoms with Crippen LogP contribution in [0.3, 0.4) is 0 Å². The second-order valence-electron chi connectivity index (χ2n) is 6.03. The maximum atomic E-state index is 10.7. The van der Waals surface area contributed by atoms with E-state index in [0.717, 1.165) is 12.2 Å². The Kier molecular flexibility index (Phi) is 3.33. The summed E-state index contributed by atoms with van der Waals surface area (Å²) >= 11 is 0. The molecule has 3 heteroatoms. The highest BCUT2D eigenvalue weighted by Gasteiger charge is 2.43. The van der Waals surface area contributed by atoms with Gasteiger partial charge in [0.15, 0.2) is 0 Å². The fourth-order valence-electron chi connectivity index (χ4n) is 1.99. The number of hydrogen-bond donors (Lipinski definition) is 1. The lowest BCUT2D eigenvalue weighted by Crippen LogP contribution is -2.11. The van der Waals surface area contributed by atoms with Crippen molar-refractivity contribution >= 4 is 5.97 Å². The van der Waals surface area contributed by atoms with E-state index >= 15 is 0 Å². The molecule has 0 amide bonds. The summed E-state index contributed by atoms with van der Waals surface area (Å²) in [6.45, 7) is 7.02. The van der Waals surface area contributed by atoms with E-state index in [1.54, 1.807) is 0 Å². The third-order valence-corrected chi connectivity index (χ3v) is 3.42. The molecular formula is C15H20O3. The molecule has 1 fully saturated rings. The second-order valence-corrected chi connectivity index (χ2v) is 6.03. The Bertz CT molecular complexity index is 428. The maximum Gasteiger partial charge on any atom is 0.306 e. The monoisotopic (exact) mass is 248 g/mol. The van der Waals surface area contributed by atoms with E-state index in [2.05, 4.69) is 32.9 Å². The normalized spacial score (nSPS) is 22.6. The van der Waals surface area contributed by atoms with Crippen LogP contribution in [0.5, 0.6) is 5.75 Å². The van der Waals surface area contributed by atoms with Gasteiger partial charge in [0.2, 0.25) is 0 Å². The van der Waals surface area contributed by atoms with Crippen molar-refractivity contribution in [2.24, 2.45) is 11.8 Å². The van der Waals surface area contributed by atoms with Gasteiger partial charge >= 0.3 is 5.97 Å². The average Bonchev–Trinajstić information content (AvgIpc) is 3.05. The van der Waals surface area contributed by atoms with Crippen LogP contribution < -0.4 is 4.74 Å². The van der Waals surface area contributed by atoms with Crippen LogP contribution in [0.25, 0.3) is 0 Å². The van der Waals surface area contributed by atoms with Gasteiger partial charge in [0.25, 0.3) is 0 Å². The lowest BCUT2D eigenvalue weighted by molar-refractivity contribution is -0.138. The maximum absolute atomic E-state index is 10.7. The van der Waals surface area contributed by atoms with Gasteiger partial charge in [-0.3, -0.25) is 4.79 Å². The minimum Gasteiger partial charge on any atom is -0.493 e. The molecule has 2 rings (SSSR count). The molecule has 1 aromatic rings. The lowest BCUT2D eigenvalue weighted by atomic mass is 9.87. The quantitative estimate of drug-likeness (QED) is 0.890. The van der Waals surface area contributed by atoms with Crippen LogP contribution in [0.2, 0.25) is 0 Å². The number of aliphatic carboxylic acids is 1. The molecule has 1 saturated carbocycles. The molecule has 0 saturated heterocycles. The summed E-state index contributed by atoms with van der Waals surface area (Å²) in [5.74, 6) is 0.106. The molecule has 0 aliphatic heterocycles. The minimum absolute atomic E-state index is 0.142. The number of benzene rings is 1. The van der Waals surface area contributed by atoms with Gasteiger partial charge in [0.1, 0.15) is 5.75 Å². The SMILES string of the molecule is CC(C)(C)c1ccc(OCC2CC2C(=O)O)cc1. The number of ether oxygens (including phenoxy) is 1. The van der Waals surface area contributed by atoms with Crippen LogP contribution in [-0.4, -0.2) is 17.7 Å². The molecule has 1 N–H and O–H groups in total. The number of rotatable bonds is 4. The van der Waals surface area contributed by atoms with Crippen LogP contribution in [0, 0.1) is 11.8 Å². The molecule has 0 radical (unpaired) electrons. The van der Waals surface area contributed by atoms with Crippen molar-refractivity contribution in [3.8, 4) is 5.75 Å². The van der Waals surface area contributed by atoms with E-state index in [0.29, 0.717) is 6.61 Å². The number of hydrogen-bond acceptors (Lipinski definition) is 2. The van der Waals surface area contributed by atoms with E-state index in [1.165, 1.54) is 5.56 Å². The first-order chi connectivity index (χ1) is 8.38. The van der Waals surface area contributed by atoms with Gasteiger partial charge in [-0.2, -0.15) is 0 Å². The first-order valence-corrected chi connectivity index (χ1v) is 6.34. The van der Waals surface area contributed by atoms with Gasteiger partial charge in [0, 0.05) is 5.92 Å². The van der Waals surface area contributed by atoms with E-state index in [9.17, 15) is 4.79 Å². The second kappa shape index (κ2) is 4.63. The molecule has 18 heavy (non-hydrogen) atoms. The first-order valence-electron chi connectivity index (χ1n) is 6.34. The fraction of sp³-hybridized carbons (Fsp3) is 0.533. The van der Waals surface area contributed by atoms with Gasteiger partial charge in [0.05, 0.1) is 12.5 Å². The van der Waals surface area contributed by atoms with Crippen molar-refractivity contribution in [3.63, 3.8) is 0 Å². The van der Waals surface area contributed by atoms with Crippen molar-refractivity contribution in [2.45, 2.75) is 32.6 Å². The zero-order valence-corrected chi connectivity index (χ0v) is 11.1. The third-order valence-electron chi connectivity index (χ3n) is 3.42. The Morgan fingerprint density at radius 3 is 2.39 bits per heavy atom. The molecule has 2 atom stereocenters. The Hall–Kier alpha value is -1.51. The standard InChI is InChI=1S/C15H20O3/c1-15(2,3)11-4-6-12(7-5-11)18-9-10-8-13(10)14(16)17/h4-7,10,13H,8-9H2,1-3H3,(H,16,17). The molecule has 1 aromatic carbocycles. The van der Waals surface area contributed by atoms with Gasteiger partial charge in [-0.25, -0.2) is 0 Å². The van der Waals surface area contributed by atoms with E-state index < -0.39 is 5.97 Å². The molecule has 3 nitrogen and oxygen atoms in total. The smallest absolute Gasteiger partial charge is 0.306 e. The lowest BCUT2D eigenvalue weighted by Gasteiger charge is -2.19. The van der Waals surface area contributed by atoms with Gasteiger partial charge in [-0.05, 0) is 29.5 Å². The molecule has 2 unspecified atom stereocenters. The van der Waals surface area contributed by atoms with Gasteiger partial charge in [-0.1, -0.05) is 32.9 Å². The summed E-state index contributed by atoms with van der Waals surface area (Å²) in [6.07, 6.45) is 0.745. The highest BCUT2D eigenvalue weighted by atomic mass is 16.5. The number of carboxylic acid groups (broad SMARTS) is 1. The van der Waals surface area contributed by atoms with Crippen LogP contribution in [-0.2, 0) is 10.2 Å². The fourth-order valence-corrected chi connectivity index (χ4v) is 1.99. The van der Waals surface area contributed by atoms with E-state index in [1.807, 2.05) is 12.1 Å². The molecule has 1 aliphatic carbocycles. The summed E-state index contributed by atoms with van der Waals surface area (Å²) in [5.41, 5.74) is 1.41. The van der Waals surface area contributed by atoms with Crippen LogP contribution in [0.15, 0.2) is 24.3 Å². The molecule has 0 heterocycles. The summed E-state index contributed by atoms with van der Waals surface area (Å²) in [6, 6.07) is 8.05. The van der Waals surface area contributed by atoms with Crippen molar-refractivity contribution in [1.29, 1.82) is 0 Å². The predicted molar refractivity (Wildman–Crippen MR) is 69.9 cm³/mol. The average molecular weight is 248 g/mol. The Balaban J connectivity index is 1.86. The Morgan fingerprint density at radius 1 is 1.33 bits per heavy atom. The summed E-state index contributed by atoms with van der Waals surface area (Å²) in [5, 5.41) is 8.79. The molecule has 0 bridgehead atoms. The van der Waals surface area contributed by atoms with Crippen LogP contribution in [0.1, 0.15) is 32.8 Å². The van der Waals surface area contributed by atoms with Gasteiger partial charge in [-0.15, -0.1) is 0 Å². The van der Waals surface area contributed by atoms with Crippen molar-refractivity contribution in [3.05, 3.63) is 29.8 Å². The van der Waals surface area contributed by atoms with E-state index in [-0.39, 0.29) is 17.3 Å². The van der Waals surface area contributed by atoms with Crippen LogP contribution >= 0.6 is 0 Å². The Morgan fingerprint density at radius 2 is 1.94 bits per heavy atom. The number of carbonyl (C=O) groups is 1. The molecule has 98 valence electrons. The Labute approximate surface area is 108 Å². The topological polar surface area (TPSA) is 46.5 Å². The minimum atomic E-state index is -0.702. The molecule has 0 spiro atoms. The highest BCUT2D eigenvalue weighted by molar-refractivity contribution is 5.73. The number of carboxylic acids is 1. The molecule has 0 aromatic heterocycles. The van der Waals surface area contributed by atoms with Crippen molar-refractivity contribution in [2.75, 3.05) is 6.61 Å². The summed E-state index contributed by atoms with van der Waals surface area (Å²) in [7, 11) is 0. The third kappa shape index (κ3) is 3.03. The highest BCUT2D eigenvalue weighted by Crippen LogP contribution is 2.38. The predicted octanol–water partition coefficient (Wildman–Crippen LogP) is 3.08. The van der Waals surface area contributed by atoms with Crippen molar-refractivity contribution < 1.29 is 14.6 Å². The first kappa shape index (κ1) is 12.9. The zero-order chi connectivity index (χ0) is 13.3. The molecule has 1 aliphatic rings. The van der Waals surface area contributed by atoms with Crippen molar-refractivity contribution in [1.82, 2.24) is 0 Å². The van der Waals surface area contributed by atoms with E-state index in [4.69, 9.17) is 9.84 Å². The molecular weight excluding hydrogens is 228 g/mol. The van der Waals surface area contributed by atoms with Crippen LogP contribution in [0.4, 0.5) is 0 Å². The zero-order valence-electron chi connectivity index (χ0n) is 11.1. The van der Waals surface area contributed by atoms with Gasteiger partial charge < -0.3 is 9.84 Å².